The van der Waals surface area contributed by atoms with Crippen LogP contribution in [0, 0.1) is 0 Å². The summed E-state index contributed by atoms with van der Waals surface area (Å²) in [6.45, 7) is 0.710. The molecule has 2 rings (SSSR count). The highest BCUT2D eigenvalue weighted by molar-refractivity contribution is 6.35. The fraction of sp³-hybridized carbons (Fsp3) is 0.222. The summed E-state index contributed by atoms with van der Waals surface area (Å²) < 4.78 is 0. The van der Waals surface area contributed by atoms with Gasteiger partial charge in [0, 0.05) is 30.2 Å². The third-order valence-electron chi connectivity index (χ3n) is 3.50. The number of carbonyl (C=O) groups is 2. The Morgan fingerprint density at radius 2 is 1.79 bits per heavy atom. The van der Waals surface area contributed by atoms with Crippen molar-refractivity contribution in [3.05, 3.63) is 69.7 Å². The number of carbonyl (C=O) groups excluding carboxylic acids is 2. The predicted octanol–water partition coefficient (Wildman–Crippen LogP) is 3.31. The van der Waals surface area contributed by atoms with E-state index in [4.69, 9.17) is 23.2 Å². The van der Waals surface area contributed by atoms with Crippen molar-refractivity contribution in [1.29, 1.82) is 0 Å². The molecule has 0 spiro atoms. The van der Waals surface area contributed by atoms with Crippen LogP contribution in [0.1, 0.15) is 11.1 Å². The lowest BCUT2D eigenvalue weighted by molar-refractivity contribution is -0.145. The van der Waals surface area contributed by atoms with Gasteiger partial charge in [-0.05, 0) is 29.7 Å². The van der Waals surface area contributed by atoms with E-state index < -0.39 is 11.8 Å². The van der Waals surface area contributed by atoms with Gasteiger partial charge in [0.25, 0.3) is 0 Å². The number of amides is 2. The molecule has 2 aromatic rings. The minimum Gasteiger partial charge on any atom is -0.347 e. The topological polar surface area (TPSA) is 49.4 Å². The maximum atomic E-state index is 12.1. The lowest BCUT2D eigenvalue weighted by Gasteiger charge is -2.16. The number of likely N-dealkylation sites (N-methyl/N-ethyl adjacent to an activating group) is 1. The molecule has 0 saturated heterocycles. The molecule has 0 unspecified atom stereocenters. The van der Waals surface area contributed by atoms with Gasteiger partial charge in [-0.3, -0.25) is 9.59 Å². The average molecular weight is 365 g/mol. The molecule has 126 valence electrons. The minimum absolute atomic E-state index is 0.325. The molecule has 0 heterocycles. The van der Waals surface area contributed by atoms with Crippen molar-refractivity contribution in [2.45, 2.75) is 13.0 Å². The molecule has 0 aliphatic rings. The molecule has 0 fully saturated rings. The van der Waals surface area contributed by atoms with Crippen LogP contribution in [0.5, 0.6) is 0 Å². The number of hydrogen-bond acceptors (Lipinski definition) is 2. The van der Waals surface area contributed by atoms with Gasteiger partial charge in [-0.15, -0.1) is 0 Å². The molecule has 0 saturated carbocycles. The van der Waals surface area contributed by atoms with Gasteiger partial charge in [-0.2, -0.15) is 0 Å². The lowest BCUT2D eigenvalue weighted by Crippen LogP contribution is -2.41. The van der Waals surface area contributed by atoms with Gasteiger partial charge >= 0.3 is 11.8 Å². The molecule has 0 atom stereocenters. The van der Waals surface area contributed by atoms with Gasteiger partial charge in [-0.1, -0.05) is 59.6 Å². The van der Waals surface area contributed by atoms with Crippen LogP contribution >= 0.6 is 23.2 Å². The Bertz CT molecular complexity index is 720. The maximum absolute atomic E-state index is 12.1. The second-order valence-electron chi connectivity index (χ2n) is 5.39. The van der Waals surface area contributed by atoms with E-state index in [9.17, 15) is 9.59 Å². The first-order chi connectivity index (χ1) is 11.5. The second-order valence-corrected chi connectivity index (χ2v) is 6.23. The molecule has 0 aliphatic carbocycles. The zero-order valence-corrected chi connectivity index (χ0v) is 14.8. The molecule has 6 heteroatoms. The summed E-state index contributed by atoms with van der Waals surface area (Å²) in [5, 5.41) is 3.72. The summed E-state index contributed by atoms with van der Waals surface area (Å²) in [5.74, 6) is -1.19. The van der Waals surface area contributed by atoms with E-state index in [2.05, 4.69) is 5.32 Å². The van der Waals surface area contributed by atoms with Gasteiger partial charge in [0.15, 0.2) is 0 Å². The van der Waals surface area contributed by atoms with E-state index in [1.54, 1.807) is 25.2 Å². The van der Waals surface area contributed by atoms with Crippen LogP contribution in [-0.4, -0.2) is 30.3 Å². The molecule has 2 amide bonds. The average Bonchev–Trinajstić information content (AvgIpc) is 2.57. The normalized spacial score (nSPS) is 10.3. The Labute approximate surface area is 151 Å². The van der Waals surface area contributed by atoms with Crippen LogP contribution in [-0.2, 0) is 22.6 Å². The molecule has 24 heavy (non-hydrogen) atoms. The predicted molar refractivity (Wildman–Crippen MR) is 96.1 cm³/mol. The van der Waals surface area contributed by atoms with Crippen molar-refractivity contribution in [2.24, 2.45) is 0 Å². The van der Waals surface area contributed by atoms with Crippen molar-refractivity contribution in [2.75, 3.05) is 13.6 Å². The van der Waals surface area contributed by atoms with Crippen molar-refractivity contribution in [3.8, 4) is 0 Å². The van der Waals surface area contributed by atoms with Crippen LogP contribution in [0.3, 0.4) is 0 Å². The molecule has 4 nitrogen and oxygen atoms in total. The molecule has 0 aromatic heterocycles. The van der Waals surface area contributed by atoms with Crippen LogP contribution in [0.4, 0.5) is 0 Å². The highest BCUT2D eigenvalue weighted by atomic mass is 35.5. The number of benzene rings is 2. The Balaban J connectivity index is 1.82. The van der Waals surface area contributed by atoms with E-state index in [0.29, 0.717) is 29.6 Å². The molecule has 0 aliphatic heterocycles. The fourth-order valence-corrected chi connectivity index (χ4v) is 2.72. The second kappa shape index (κ2) is 8.71. The highest BCUT2D eigenvalue weighted by Gasteiger charge is 2.18. The number of rotatable bonds is 5. The molecular weight excluding hydrogens is 347 g/mol. The third kappa shape index (κ3) is 5.25. The SMILES string of the molecule is CN(Cc1ccccc1)C(=O)C(=O)NCCc1ccc(Cl)cc1Cl. The van der Waals surface area contributed by atoms with E-state index in [0.717, 1.165) is 11.1 Å². The Morgan fingerprint density at radius 3 is 2.46 bits per heavy atom. The quantitative estimate of drug-likeness (QED) is 0.827. The summed E-state index contributed by atoms with van der Waals surface area (Å²) in [5.41, 5.74) is 1.83. The van der Waals surface area contributed by atoms with Crippen molar-refractivity contribution in [1.82, 2.24) is 10.2 Å². The molecular formula is C18H18Cl2N2O2. The number of halogens is 2. The summed E-state index contributed by atoms with van der Waals surface area (Å²) in [7, 11) is 1.60. The van der Waals surface area contributed by atoms with Gasteiger partial charge < -0.3 is 10.2 Å². The molecule has 0 bridgehead atoms. The summed E-state index contributed by atoms with van der Waals surface area (Å²) in [4.78, 5) is 25.4. The first-order valence-electron chi connectivity index (χ1n) is 7.48. The highest BCUT2D eigenvalue weighted by Crippen LogP contribution is 2.21. The first-order valence-corrected chi connectivity index (χ1v) is 8.24. The summed E-state index contributed by atoms with van der Waals surface area (Å²) >= 11 is 11.9. The van der Waals surface area contributed by atoms with Gasteiger partial charge in [0.2, 0.25) is 0 Å². The van der Waals surface area contributed by atoms with Crippen LogP contribution in [0.2, 0.25) is 10.0 Å². The van der Waals surface area contributed by atoms with E-state index >= 15 is 0 Å². The fourth-order valence-electron chi connectivity index (χ4n) is 2.21. The molecule has 2 aromatic carbocycles. The first kappa shape index (κ1) is 18.3. The smallest absolute Gasteiger partial charge is 0.311 e. The Kier molecular flexibility index (Phi) is 6.64. The van der Waals surface area contributed by atoms with Crippen LogP contribution in [0.15, 0.2) is 48.5 Å². The number of hydrogen-bond donors (Lipinski definition) is 1. The zero-order valence-electron chi connectivity index (χ0n) is 13.3. The summed E-state index contributed by atoms with van der Waals surface area (Å²) in [6, 6.07) is 14.7. The van der Waals surface area contributed by atoms with Gasteiger partial charge in [-0.25, -0.2) is 0 Å². The standard InChI is InChI=1S/C18H18Cl2N2O2/c1-22(12-13-5-3-2-4-6-13)18(24)17(23)21-10-9-14-7-8-15(19)11-16(14)20/h2-8,11H,9-10,12H2,1H3,(H,21,23). The summed E-state index contributed by atoms with van der Waals surface area (Å²) in [6.07, 6.45) is 0.525. The number of nitrogens with zero attached hydrogens (tertiary/aromatic N) is 1. The number of nitrogens with one attached hydrogen (secondary N) is 1. The van der Waals surface area contributed by atoms with Gasteiger partial charge in [0.05, 0.1) is 0 Å². The van der Waals surface area contributed by atoms with E-state index in [1.807, 2.05) is 30.3 Å². The van der Waals surface area contributed by atoms with Gasteiger partial charge in [0.1, 0.15) is 0 Å². The Morgan fingerprint density at radius 1 is 1.08 bits per heavy atom. The van der Waals surface area contributed by atoms with Crippen LogP contribution < -0.4 is 5.32 Å². The zero-order chi connectivity index (χ0) is 17.5. The maximum Gasteiger partial charge on any atom is 0.311 e. The lowest BCUT2D eigenvalue weighted by atomic mass is 10.1. The van der Waals surface area contributed by atoms with Crippen molar-refractivity contribution >= 4 is 35.0 Å². The molecule has 0 radical (unpaired) electrons. The third-order valence-corrected chi connectivity index (χ3v) is 4.09. The monoisotopic (exact) mass is 364 g/mol. The Hall–Kier alpha value is -2.04. The van der Waals surface area contributed by atoms with Crippen molar-refractivity contribution in [3.63, 3.8) is 0 Å². The van der Waals surface area contributed by atoms with Crippen molar-refractivity contribution < 1.29 is 9.59 Å². The largest absolute Gasteiger partial charge is 0.347 e. The van der Waals surface area contributed by atoms with Crippen LogP contribution in [0.25, 0.3) is 0 Å². The minimum atomic E-state index is -0.626. The molecule has 1 N–H and O–H groups in total. The van der Waals surface area contributed by atoms with E-state index in [1.165, 1.54) is 4.90 Å². The van der Waals surface area contributed by atoms with E-state index in [-0.39, 0.29) is 0 Å².